The summed E-state index contributed by atoms with van der Waals surface area (Å²) in [6, 6.07) is 3.64. The SMILES string of the molecule is CN(Cc1cscn1)c1ccc(C(=N)N)nc1. The summed E-state index contributed by atoms with van der Waals surface area (Å²) in [7, 11) is 1.98. The first-order chi connectivity index (χ1) is 8.16. The molecular weight excluding hydrogens is 234 g/mol. The van der Waals surface area contributed by atoms with Crippen LogP contribution in [-0.2, 0) is 6.54 Å². The minimum absolute atomic E-state index is 0.0151. The highest BCUT2D eigenvalue weighted by atomic mass is 32.1. The van der Waals surface area contributed by atoms with Gasteiger partial charge in [0.25, 0.3) is 0 Å². The monoisotopic (exact) mass is 247 g/mol. The van der Waals surface area contributed by atoms with Gasteiger partial charge in [0.05, 0.1) is 29.6 Å². The van der Waals surface area contributed by atoms with Gasteiger partial charge in [-0.1, -0.05) is 0 Å². The van der Waals surface area contributed by atoms with Crippen LogP contribution in [0.4, 0.5) is 5.69 Å². The molecule has 0 aliphatic carbocycles. The summed E-state index contributed by atoms with van der Waals surface area (Å²) in [4.78, 5) is 10.4. The largest absolute Gasteiger partial charge is 0.382 e. The maximum atomic E-state index is 7.26. The van der Waals surface area contributed by atoms with Crippen molar-refractivity contribution in [3.8, 4) is 0 Å². The number of aromatic nitrogens is 2. The molecule has 0 aliphatic rings. The quantitative estimate of drug-likeness (QED) is 0.633. The van der Waals surface area contributed by atoms with Gasteiger partial charge >= 0.3 is 0 Å². The van der Waals surface area contributed by atoms with Crippen molar-refractivity contribution in [3.63, 3.8) is 0 Å². The summed E-state index contributed by atoms with van der Waals surface area (Å²) in [5, 5.41) is 9.29. The number of hydrogen-bond donors (Lipinski definition) is 2. The molecule has 5 nitrogen and oxygen atoms in total. The Bertz CT molecular complexity index is 491. The van der Waals surface area contributed by atoms with Gasteiger partial charge in [-0.25, -0.2) is 4.98 Å². The van der Waals surface area contributed by atoms with Gasteiger partial charge < -0.3 is 10.6 Å². The Hall–Kier alpha value is -1.95. The number of nitrogens with zero attached hydrogens (tertiary/aromatic N) is 3. The Morgan fingerprint density at radius 3 is 2.82 bits per heavy atom. The average molecular weight is 247 g/mol. The lowest BCUT2D eigenvalue weighted by Gasteiger charge is -2.17. The maximum Gasteiger partial charge on any atom is 0.141 e. The lowest BCUT2D eigenvalue weighted by molar-refractivity contribution is 0.890. The van der Waals surface area contributed by atoms with E-state index in [1.165, 1.54) is 0 Å². The third kappa shape index (κ3) is 2.79. The maximum absolute atomic E-state index is 7.26. The number of thiazole rings is 1. The molecular formula is C11H13N5S. The molecule has 2 heterocycles. The summed E-state index contributed by atoms with van der Waals surface area (Å²) in [6.45, 7) is 0.741. The molecule has 0 radical (unpaired) electrons. The van der Waals surface area contributed by atoms with Gasteiger partial charge in [0, 0.05) is 12.4 Å². The fourth-order valence-corrected chi connectivity index (χ4v) is 1.97. The van der Waals surface area contributed by atoms with E-state index >= 15 is 0 Å². The van der Waals surface area contributed by atoms with Crippen LogP contribution in [0.5, 0.6) is 0 Å². The Morgan fingerprint density at radius 2 is 2.29 bits per heavy atom. The normalized spacial score (nSPS) is 10.2. The van der Waals surface area contributed by atoms with Crippen molar-refractivity contribution < 1.29 is 0 Å². The zero-order valence-corrected chi connectivity index (χ0v) is 10.2. The molecule has 0 aromatic carbocycles. The fourth-order valence-electron chi connectivity index (χ4n) is 1.42. The molecule has 6 heteroatoms. The van der Waals surface area contributed by atoms with Crippen LogP contribution in [0.25, 0.3) is 0 Å². The van der Waals surface area contributed by atoms with E-state index in [0.717, 1.165) is 17.9 Å². The van der Waals surface area contributed by atoms with Gasteiger partial charge in [0.15, 0.2) is 0 Å². The average Bonchev–Trinajstić information content (AvgIpc) is 2.82. The van der Waals surface area contributed by atoms with Crippen molar-refractivity contribution in [2.45, 2.75) is 6.54 Å². The Labute approximate surface area is 103 Å². The van der Waals surface area contributed by atoms with Crippen LogP contribution in [0.1, 0.15) is 11.4 Å². The van der Waals surface area contributed by atoms with Crippen LogP contribution in [0.3, 0.4) is 0 Å². The van der Waals surface area contributed by atoms with Crippen molar-refractivity contribution >= 4 is 22.9 Å². The van der Waals surface area contributed by atoms with E-state index in [9.17, 15) is 0 Å². The van der Waals surface area contributed by atoms with Gasteiger partial charge in [-0.05, 0) is 12.1 Å². The van der Waals surface area contributed by atoms with E-state index in [4.69, 9.17) is 11.1 Å². The zero-order chi connectivity index (χ0) is 12.3. The van der Waals surface area contributed by atoms with Crippen molar-refractivity contribution in [1.29, 1.82) is 5.41 Å². The van der Waals surface area contributed by atoms with Crippen LogP contribution < -0.4 is 10.6 Å². The first-order valence-electron chi connectivity index (χ1n) is 5.05. The van der Waals surface area contributed by atoms with Gasteiger partial charge in [0.2, 0.25) is 0 Å². The van der Waals surface area contributed by atoms with E-state index < -0.39 is 0 Å². The van der Waals surface area contributed by atoms with Gasteiger partial charge in [-0.15, -0.1) is 11.3 Å². The Balaban J connectivity index is 2.09. The highest BCUT2D eigenvalue weighted by Gasteiger charge is 2.05. The van der Waals surface area contributed by atoms with E-state index in [1.807, 2.05) is 28.9 Å². The van der Waals surface area contributed by atoms with Crippen molar-refractivity contribution in [3.05, 3.63) is 40.6 Å². The number of rotatable bonds is 4. The molecule has 0 bridgehead atoms. The molecule has 0 spiro atoms. The molecule has 17 heavy (non-hydrogen) atoms. The number of nitrogen functional groups attached to an aromatic ring is 1. The minimum Gasteiger partial charge on any atom is -0.382 e. The number of pyridine rings is 1. The summed E-state index contributed by atoms with van der Waals surface area (Å²) in [6.07, 6.45) is 1.71. The molecule has 0 unspecified atom stereocenters. The summed E-state index contributed by atoms with van der Waals surface area (Å²) >= 11 is 1.59. The number of hydrogen-bond acceptors (Lipinski definition) is 5. The number of nitrogens with two attached hydrogens (primary N) is 1. The van der Waals surface area contributed by atoms with Crippen LogP contribution in [0.15, 0.2) is 29.2 Å². The molecule has 0 saturated carbocycles. The Kier molecular flexibility index (Phi) is 3.34. The van der Waals surface area contributed by atoms with Crippen LogP contribution >= 0.6 is 11.3 Å². The molecule has 0 amide bonds. The second-order valence-electron chi connectivity index (χ2n) is 3.65. The van der Waals surface area contributed by atoms with Gasteiger partial charge in [0.1, 0.15) is 11.5 Å². The van der Waals surface area contributed by atoms with Crippen molar-refractivity contribution in [1.82, 2.24) is 9.97 Å². The zero-order valence-electron chi connectivity index (χ0n) is 9.42. The lowest BCUT2D eigenvalue weighted by atomic mass is 10.3. The topological polar surface area (TPSA) is 78.9 Å². The van der Waals surface area contributed by atoms with Crippen LogP contribution in [-0.4, -0.2) is 22.9 Å². The molecule has 2 aromatic rings. The highest BCUT2D eigenvalue weighted by molar-refractivity contribution is 7.07. The predicted octanol–water partition coefficient (Wildman–Crippen LogP) is 1.46. The number of nitrogens with one attached hydrogen (secondary N) is 1. The molecule has 0 aliphatic heterocycles. The first-order valence-corrected chi connectivity index (χ1v) is 6.00. The van der Waals surface area contributed by atoms with E-state index in [0.29, 0.717) is 5.69 Å². The van der Waals surface area contributed by atoms with Crippen molar-refractivity contribution in [2.24, 2.45) is 5.73 Å². The standard InChI is InChI=1S/C11H13N5S/c1-16(5-8-6-17-7-15-8)9-2-3-10(11(12)13)14-4-9/h2-4,6-7H,5H2,1H3,(H3,12,13). The smallest absolute Gasteiger partial charge is 0.141 e. The van der Waals surface area contributed by atoms with Gasteiger partial charge in [-0.3, -0.25) is 10.4 Å². The van der Waals surface area contributed by atoms with Crippen molar-refractivity contribution in [2.75, 3.05) is 11.9 Å². The molecule has 0 fully saturated rings. The van der Waals surface area contributed by atoms with E-state index in [1.54, 1.807) is 23.6 Å². The molecule has 2 aromatic heterocycles. The van der Waals surface area contributed by atoms with Crippen LogP contribution in [0.2, 0.25) is 0 Å². The highest BCUT2D eigenvalue weighted by Crippen LogP contribution is 2.14. The summed E-state index contributed by atoms with van der Waals surface area (Å²) in [5.74, 6) is -0.0151. The second kappa shape index (κ2) is 4.92. The predicted molar refractivity (Wildman–Crippen MR) is 69.5 cm³/mol. The first kappa shape index (κ1) is 11.5. The summed E-state index contributed by atoms with van der Waals surface area (Å²) in [5.41, 5.74) is 9.67. The summed E-state index contributed by atoms with van der Waals surface area (Å²) < 4.78 is 0. The van der Waals surface area contributed by atoms with Gasteiger partial charge in [-0.2, -0.15) is 0 Å². The van der Waals surface area contributed by atoms with Crippen LogP contribution in [0, 0.1) is 5.41 Å². The molecule has 2 rings (SSSR count). The molecule has 0 atom stereocenters. The van der Waals surface area contributed by atoms with E-state index in [2.05, 4.69) is 9.97 Å². The van der Waals surface area contributed by atoms with E-state index in [-0.39, 0.29) is 5.84 Å². The minimum atomic E-state index is -0.0151. The second-order valence-corrected chi connectivity index (χ2v) is 4.37. The fraction of sp³-hybridized carbons (Fsp3) is 0.182. The number of amidine groups is 1. The lowest BCUT2D eigenvalue weighted by Crippen LogP contribution is -2.18. The third-order valence-electron chi connectivity index (χ3n) is 2.35. The molecule has 0 saturated heterocycles. The number of anilines is 1. The third-order valence-corrected chi connectivity index (χ3v) is 2.98. The molecule has 88 valence electrons. The molecule has 3 N–H and O–H groups in total. The Morgan fingerprint density at radius 1 is 1.47 bits per heavy atom.